The molecule has 1 unspecified atom stereocenters. The number of aromatic nitrogens is 1. The van der Waals surface area contributed by atoms with Crippen molar-refractivity contribution in [2.75, 3.05) is 25.2 Å². The van der Waals surface area contributed by atoms with Gasteiger partial charge in [0.1, 0.15) is 11.3 Å². The van der Waals surface area contributed by atoms with Gasteiger partial charge < -0.3 is 14.1 Å². The number of fused-ring (bicyclic) bond motifs is 1. The number of anilines is 1. The normalized spacial score (nSPS) is 22.3. The molecule has 1 atom stereocenters. The van der Waals surface area contributed by atoms with E-state index in [1.165, 1.54) is 12.1 Å². The minimum Gasteiger partial charge on any atom is -0.423 e. The molecule has 4 nitrogen and oxygen atoms in total. The summed E-state index contributed by atoms with van der Waals surface area (Å²) < 4.78 is 24.6. The number of benzene rings is 1. The summed E-state index contributed by atoms with van der Waals surface area (Å²) in [5.41, 5.74) is 1.14. The Hall–Kier alpha value is -1.62. The van der Waals surface area contributed by atoms with Crippen LogP contribution in [0.25, 0.3) is 11.1 Å². The average molecular weight is 292 g/mol. The van der Waals surface area contributed by atoms with Crippen molar-refractivity contribution in [2.45, 2.75) is 38.1 Å². The number of methoxy groups -OCH3 is 1. The van der Waals surface area contributed by atoms with E-state index in [2.05, 4.69) is 16.8 Å². The molecule has 1 saturated heterocycles. The highest BCUT2D eigenvalue weighted by atomic mass is 19.1. The maximum absolute atomic E-state index is 13.3. The smallest absolute Gasteiger partial charge is 0.298 e. The van der Waals surface area contributed by atoms with Gasteiger partial charge in [0.25, 0.3) is 6.01 Å². The highest BCUT2D eigenvalue weighted by Crippen LogP contribution is 2.38. The number of ether oxygens (including phenoxy) is 1. The standard InChI is InChI=1S/C16H21FN2O2/c1-3-7-16(11-20-2)8-4-9-19(16)15-18-13-10-12(17)5-6-14(13)21-15/h5-6,10H,3-4,7-9,11H2,1-2H3. The lowest BCUT2D eigenvalue weighted by Crippen LogP contribution is -2.47. The summed E-state index contributed by atoms with van der Waals surface area (Å²) >= 11 is 0. The Labute approximate surface area is 123 Å². The molecule has 1 aliphatic rings. The van der Waals surface area contributed by atoms with Crippen LogP contribution in [0.1, 0.15) is 32.6 Å². The number of oxazole rings is 1. The zero-order chi connectivity index (χ0) is 14.9. The van der Waals surface area contributed by atoms with E-state index in [1.807, 2.05) is 0 Å². The van der Waals surface area contributed by atoms with Gasteiger partial charge in [-0.2, -0.15) is 4.98 Å². The van der Waals surface area contributed by atoms with E-state index in [9.17, 15) is 4.39 Å². The fourth-order valence-electron chi connectivity index (χ4n) is 3.46. The molecule has 0 saturated carbocycles. The van der Waals surface area contributed by atoms with Gasteiger partial charge in [-0.1, -0.05) is 13.3 Å². The molecule has 0 radical (unpaired) electrons. The highest BCUT2D eigenvalue weighted by molar-refractivity contribution is 5.74. The lowest BCUT2D eigenvalue weighted by Gasteiger charge is -2.37. The molecule has 5 heteroatoms. The van der Waals surface area contributed by atoms with E-state index in [-0.39, 0.29) is 11.4 Å². The Morgan fingerprint density at radius 1 is 1.48 bits per heavy atom. The van der Waals surface area contributed by atoms with Gasteiger partial charge in [0.2, 0.25) is 0 Å². The predicted molar refractivity (Wildman–Crippen MR) is 80.1 cm³/mol. The van der Waals surface area contributed by atoms with Crippen LogP contribution >= 0.6 is 0 Å². The zero-order valence-corrected chi connectivity index (χ0v) is 12.6. The summed E-state index contributed by atoms with van der Waals surface area (Å²) in [6.07, 6.45) is 4.28. The van der Waals surface area contributed by atoms with Gasteiger partial charge in [0, 0.05) is 19.7 Å². The van der Waals surface area contributed by atoms with Crippen LogP contribution in [0.3, 0.4) is 0 Å². The van der Waals surface area contributed by atoms with Gasteiger partial charge in [0.05, 0.1) is 12.1 Å². The second kappa shape index (κ2) is 5.64. The quantitative estimate of drug-likeness (QED) is 0.841. The first kappa shape index (κ1) is 14.3. The molecule has 3 rings (SSSR count). The molecule has 0 aliphatic carbocycles. The Balaban J connectivity index is 1.98. The van der Waals surface area contributed by atoms with Crippen LogP contribution in [0, 0.1) is 5.82 Å². The molecule has 0 bridgehead atoms. The number of halogens is 1. The van der Waals surface area contributed by atoms with Crippen LogP contribution in [0.4, 0.5) is 10.4 Å². The summed E-state index contributed by atoms with van der Waals surface area (Å²) in [6, 6.07) is 5.03. The summed E-state index contributed by atoms with van der Waals surface area (Å²) in [6.45, 7) is 3.74. The molecule has 1 aliphatic heterocycles. The third-order valence-corrected chi connectivity index (χ3v) is 4.29. The molecule has 2 heterocycles. The monoisotopic (exact) mass is 292 g/mol. The van der Waals surface area contributed by atoms with Crippen molar-refractivity contribution >= 4 is 17.1 Å². The second-order valence-electron chi connectivity index (χ2n) is 5.77. The zero-order valence-electron chi connectivity index (χ0n) is 12.6. The SMILES string of the molecule is CCCC1(COC)CCCN1c1nc2cc(F)ccc2o1. The van der Waals surface area contributed by atoms with E-state index >= 15 is 0 Å². The van der Waals surface area contributed by atoms with E-state index < -0.39 is 0 Å². The van der Waals surface area contributed by atoms with Crippen LogP contribution in [0.2, 0.25) is 0 Å². The van der Waals surface area contributed by atoms with Crippen molar-refractivity contribution in [3.05, 3.63) is 24.0 Å². The van der Waals surface area contributed by atoms with Gasteiger partial charge in [-0.15, -0.1) is 0 Å². The van der Waals surface area contributed by atoms with Gasteiger partial charge >= 0.3 is 0 Å². The molecule has 1 aromatic carbocycles. The maximum atomic E-state index is 13.3. The van der Waals surface area contributed by atoms with Crippen LogP contribution < -0.4 is 4.90 Å². The van der Waals surface area contributed by atoms with Crippen molar-refractivity contribution in [2.24, 2.45) is 0 Å². The van der Waals surface area contributed by atoms with Crippen LogP contribution in [0.5, 0.6) is 0 Å². The molecule has 21 heavy (non-hydrogen) atoms. The Kier molecular flexibility index (Phi) is 3.85. The number of nitrogens with zero attached hydrogens (tertiary/aromatic N) is 2. The number of hydrogen-bond donors (Lipinski definition) is 0. The second-order valence-corrected chi connectivity index (χ2v) is 5.77. The third kappa shape index (κ3) is 2.50. The van der Waals surface area contributed by atoms with Crippen molar-refractivity contribution in [3.8, 4) is 0 Å². The third-order valence-electron chi connectivity index (χ3n) is 4.29. The summed E-state index contributed by atoms with van der Waals surface area (Å²) in [5, 5.41) is 0. The fourth-order valence-corrected chi connectivity index (χ4v) is 3.46. The first-order chi connectivity index (χ1) is 10.2. The van der Waals surface area contributed by atoms with Gasteiger partial charge in [-0.25, -0.2) is 4.39 Å². The molecular weight excluding hydrogens is 271 g/mol. The van der Waals surface area contributed by atoms with Gasteiger partial charge in [-0.3, -0.25) is 0 Å². The van der Waals surface area contributed by atoms with Gasteiger partial charge in [-0.05, 0) is 31.4 Å². The molecular formula is C16H21FN2O2. The Bertz CT molecular complexity index is 620. The lowest BCUT2D eigenvalue weighted by atomic mass is 9.92. The minimum absolute atomic E-state index is 0.0527. The van der Waals surface area contributed by atoms with Gasteiger partial charge in [0.15, 0.2) is 5.58 Å². The number of hydrogen-bond acceptors (Lipinski definition) is 4. The topological polar surface area (TPSA) is 38.5 Å². The summed E-state index contributed by atoms with van der Waals surface area (Å²) in [4.78, 5) is 6.69. The molecule has 0 amide bonds. The van der Waals surface area contributed by atoms with Crippen molar-refractivity contribution in [1.29, 1.82) is 0 Å². The highest BCUT2D eigenvalue weighted by Gasteiger charge is 2.42. The predicted octanol–water partition coefficient (Wildman–Crippen LogP) is 3.75. The first-order valence-electron chi connectivity index (χ1n) is 7.51. The Morgan fingerprint density at radius 2 is 2.33 bits per heavy atom. The molecule has 0 spiro atoms. The lowest BCUT2D eigenvalue weighted by molar-refractivity contribution is 0.125. The Morgan fingerprint density at radius 3 is 3.10 bits per heavy atom. The average Bonchev–Trinajstić information content (AvgIpc) is 3.03. The van der Waals surface area contributed by atoms with E-state index in [0.717, 1.165) is 32.2 Å². The van der Waals surface area contributed by atoms with E-state index in [1.54, 1.807) is 13.2 Å². The molecule has 2 aromatic rings. The van der Waals surface area contributed by atoms with Crippen molar-refractivity contribution in [1.82, 2.24) is 4.98 Å². The molecule has 114 valence electrons. The van der Waals surface area contributed by atoms with Crippen molar-refractivity contribution in [3.63, 3.8) is 0 Å². The number of rotatable bonds is 5. The summed E-state index contributed by atoms with van der Waals surface area (Å²) in [5.74, 6) is -0.291. The first-order valence-corrected chi connectivity index (χ1v) is 7.51. The fraction of sp³-hybridized carbons (Fsp3) is 0.562. The van der Waals surface area contributed by atoms with Crippen molar-refractivity contribution < 1.29 is 13.5 Å². The van der Waals surface area contributed by atoms with Crippen LogP contribution in [0.15, 0.2) is 22.6 Å². The summed E-state index contributed by atoms with van der Waals surface area (Å²) in [7, 11) is 1.73. The largest absolute Gasteiger partial charge is 0.423 e. The van der Waals surface area contributed by atoms with Crippen LogP contribution in [-0.4, -0.2) is 30.8 Å². The maximum Gasteiger partial charge on any atom is 0.298 e. The van der Waals surface area contributed by atoms with Crippen LogP contribution in [-0.2, 0) is 4.74 Å². The molecule has 1 aromatic heterocycles. The molecule has 0 N–H and O–H groups in total. The van der Waals surface area contributed by atoms with E-state index in [0.29, 0.717) is 23.7 Å². The van der Waals surface area contributed by atoms with E-state index in [4.69, 9.17) is 9.15 Å². The molecule has 1 fully saturated rings. The minimum atomic E-state index is -0.291.